The molecule has 1 aromatic rings. The Morgan fingerprint density at radius 1 is 1.42 bits per heavy atom. The fraction of sp³-hybridized carbons (Fsp3) is 0.429. The fourth-order valence-electron chi connectivity index (χ4n) is 2.33. The van der Waals surface area contributed by atoms with E-state index in [-0.39, 0.29) is 17.9 Å². The molecular formula is C14H19N3O2. The van der Waals surface area contributed by atoms with Gasteiger partial charge in [0, 0.05) is 12.1 Å². The van der Waals surface area contributed by atoms with E-state index < -0.39 is 0 Å². The van der Waals surface area contributed by atoms with Gasteiger partial charge in [0.25, 0.3) is 0 Å². The average Bonchev–Trinajstić information content (AvgIpc) is 2.63. The Balaban J connectivity index is 2.39. The van der Waals surface area contributed by atoms with Crippen LogP contribution < -0.4 is 10.1 Å². The first kappa shape index (κ1) is 13.4. The van der Waals surface area contributed by atoms with Crippen LogP contribution in [-0.2, 0) is 0 Å². The fourth-order valence-corrected chi connectivity index (χ4v) is 2.33. The maximum absolute atomic E-state index is 11.9. The zero-order valence-electron chi connectivity index (χ0n) is 11.4. The van der Waals surface area contributed by atoms with Gasteiger partial charge in [0.1, 0.15) is 17.6 Å². The van der Waals surface area contributed by atoms with E-state index in [0.717, 1.165) is 5.56 Å². The van der Waals surface area contributed by atoms with Crippen LogP contribution in [0.5, 0.6) is 5.75 Å². The van der Waals surface area contributed by atoms with Crippen LogP contribution in [0, 0.1) is 11.3 Å². The summed E-state index contributed by atoms with van der Waals surface area (Å²) in [7, 11) is 1.60. The summed E-state index contributed by atoms with van der Waals surface area (Å²) in [6.45, 7) is 4.71. The Hall–Kier alpha value is -2.04. The minimum absolute atomic E-state index is 0.204. The molecule has 1 atom stereocenters. The molecular weight excluding hydrogens is 242 g/mol. The van der Waals surface area contributed by atoms with E-state index in [1.54, 1.807) is 12.0 Å². The minimum Gasteiger partial charge on any atom is -0.496 e. The molecule has 2 N–H and O–H groups in total. The first-order chi connectivity index (χ1) is 9.04. The number of amides is 2. The van der Waals surface area contributed by atoms with E-state index in [1.807, 2.05) is 24.3 Å². The quantitative estimate of drug-likeness (QED) is 0.874. The molecule has 1 aliphatic heterocycles. The lowest BCUT2D eigenvalue weighted by molar-refractivity contribution is 0.197. The van der Waals surface area contributed by atoms with Crippen molar-refractivity contribution in [1.82, 2.24) is 10.2 Å². The van der Waals surface area contributed by atoms with Gasteiger partial charge in [-0.25, -0.2) is 4.79 Å². The van der Waals surface area contributed by atoms with E-state index in [4.69, 9.17) is 10.1 Å². The summed E-state index contributed by atoms with van der Waals surface area (Å²) in [4.78, 5) is 13.6. The summed E-state index contributed by atoms with van der Waals surface area (Å²) in [5.41, 5.74) is 0.842. The number of hydrogen-bond donors (Lipinski definition) is 2. The largest absolute Gasteiger partial charge is 0.496 e. The van der Waals surface area contributed by atoms with Gasteiger partial charge >= 0.3 is 6.03 Å². The molecule has 0 spiro atoms. The van der Waals surface area contributed by atoms with Gasteiger partial charge in [0.05, 0.1) is 7.11 Å². The lowest BCUT2D eigenvalue weighted by atomic mass is 10.0. The third-order valence-electron chi connectivity index (χ3n) is 3.08. The van der Waals surface area contributed by atoms with E-state index in [1.165, 1.54) is 0 Å². The van der Waals surface area contributed by atoms with Crippen molar-refractivity contribution in [2.75, 3.05) is 13.7 Å². The summed E-state index contributed by atoms with van der Waals surface area (Å²) < 4.78 is 5.33. The smallest absolute Gasteiger partial charge is 0.323 e. The second-order valence-corrected chi connectivity index (χ2v) is 5.03. The number of ether oxygens (including phenoxy) is 1. The number of methoxy groups -OCH3 is 1. The van der Waals surface area contributed by atoms with Crippen molar-refractivity contribution in [2.24, 2.45) is 5.92 Å². The number of carbonyl (C=O) groups is 1. The number of carbonyl (C=O) groups excluding carboxylic acids is 1. The molecule has 19 heavy (non-hydrogen) atoms. The highest BCUT2D eigenvalue weighted by atomic mass is 16.5. The number of amidine groups is 1. The third kappa shape index (κ3) is 2.54. The first-order valence-electron chi connectivity index (χ1n) is 6.33. The number of rotatable bonds is 4. The molecule has 1 fully saturated rings. The van der Waals surface area contributed by atoms with E-state index >= 15 is 0 Å². The Morgan fingerprint density at radius 3 is 2.74 bits per heavy atom. The van der Waals surface area contributed by atoms with Crippen molar-refractivity contribution in [1.29, 1.82) is 5.41 Å². The van der Waals surface area contributed by atoms with Gasteiger partial charge in [0.2, 0.25) is 0 Å². The van der Waals surface area contributed by atoms with E-state index in [9.17, 15) is 4.79 Å². The van der Waals surface area contributed by atoms with Gasteiger partial charge in [0.15, 0.2) is 0 Å². The summed E-state index contributed by atoms with van der Waals surface area (Å²) in [5, 5.41) is 10.6. The lowest BCUT2D eigenvalue weighted by Crippen LogP contribution is -2.33. The Labute approximate surface area is 113 Å². The van der Waals surface area contributed by atoms with E-state index in [0.29, 0.717) is 18.2 Å². The molecule has 0 aromatic heterocycles. The predicted molar refractivity (Wildman–Crippen MR) is 73.5 cm³/mol. The molecule has 1 saturated heterocycles. The zero-order chi connectivity index (χ0) is 14.0. The third-order valence-corrected chi connectivity index (χ3v) is 3.08. The van der Waals surface area contributed by atoms with Crippen molar-refractivity contribution in [3.8, 4) is 5.75 Å². The van der Waals surface area contributed by atoms with Crippen molar-refractivity contribution in [2.45, 2.75) is 19.9 Å². The Morgan fingerprint density at radius 2 is 2.11 bits per heavy atom. The highest BCUT2D eigenvalue weighted by Crippen LogP contribution is 2.32. The number of para-hydroxylation sites is 1. The highest BCUT2D eigenvalue weighted by Gasteiger charge is 2.38. The van der Waals surface area contributed by atoms with Crippen molar-refractivity contribution in [3.63, 3.8) is 0 Å². The van der Waals surface area contributed by atoms with Crippen molar-refractivity contribution >= 4 is 11.9 Å². The normalized spacial score (nSPS) is 18.9. The van der Waals surface area contributed by atoms with Gasteiger partial charge in [-0.1, -0.05) is 32.0 Å². The number of nitrogens with one attached hydrogen (secondary N) is 2. The number of nitrogens with zero attached hydrogens (tertiary/aromatic N) is 1. The SMILES string of the molecule is COc1ccccc1C1C(=N)NC(=O)N1CC(C)C. The molecule has 0 aliphatic carbocycles. The van der Waals surface area contributed by atoms with Crippen LogP contribution in [-0.4, -0.2) is 30.4 Å². The molecule has 1 unspecified atom stereocenters. The summed E-state index contributed by atoms with van der Waals surface area (Å²) in [6, 6.07) is 6.91. The average molecular weight is 261 g/mol. The Bertz CT molecular complexity index is 499. The van der Waals surface area contributed by atoms with Gasteiger partial charge in [-0.2, -0.15) is 0 Å². The van der Waals surface area contributed by atoms with Gasteiger partial charge in [-0.15, -0.1) is 0 Å². The topological polar surface area (TPSA) is 65.4 Å². The zero-order valence-corrected chi connectivity index (χ0v) is 11.4. The Kier molecular flexibility index (Phi) is 3.74. The summed E-state index contributed by atoms with van der Waals surface area (Å²) >= 11 is 0. The molecule has 0 saturated carbocycles. The van der Waals surface area contributed by atoms with Crippen LogP contribution in [0.4, 0.5) is 4.79 Å². The maximum Gasteiger partial charge on any atom is 0.323 e. The summed E-state index contributed by atoms with van der Waals surface area (Å²) in [5.74, 6) is 1.24. The number of hydrogen-bond acceptors (Lipinski definition) is 3. The second kappa shape index (κ2) is 5.30. The molecule has 1 aliphatic rings. The van der Waals surface area contributed by atoms with Crippen LogP contribution in [0.2, 0.25) is 0 Å². The molecule has 2 amide bonds. The standard InChI is InChI=1S/C14H19N3O2/c1-9(2)8-17-12(13(15)16-14(17)18)10-6-4-5-7-11(10)19-3/h4-7,9,12H,8H2,1-3H3,(H2,15,16,18). The number of urea groups is 1. The minimum atomic E-state index is -0.383. The monoisotopic (exact) mass is 261 g/mol. The molecule has 1 aromatic carbocycles. The van der Waals surface area contributed by atoms with Gasteiger partial charge in [-0.3, -0.25) is 10.7 Å². The van der Waals surface area contributed by atoms with Crippen LogP contribution in [0.3, 0.4) is 0 Å². The van der Waals surface area contributed by atoms with Crippen LogP contribution in [0.15, 0.2) is 24.3 Å². The predicted octanol–water partition coefficient (Wildman–Crippen LogP) is 2.39. The molecule has 5 heteroatoms. The second-order valence-electron chi connectivity index (χ2n) is 5.03. The molecule has 5 nitrogen and oxygen atoms in total. The van der Waals surface area contributed by atoms with Crippen molar-refractivity contribution in [3.05, 3.63) is 29.8 Å². The van der Waals surface area contributed by atoms with Crippen LogP contribution >= 0.6 is 0 Å². The molecule has 2 rings (SSSR count). The van der Waals surface area contributed by atoms with Gasteiger partial charge < -0.3 is 9.64 Å². The summed E-state index contributed by atoms with van der Waals surface area (Å²) in [6.07, 6.45) is 0. The molecule has 0 bridgehead atoms. The maximum atomic E-state index is 11.9. The number of benzene rings is 1. The molecule has 102 valence electrons. The van der Waals surface area contributed by atoms with Crippen molar-refractivity contribution < 1.29 is 9.53 Å². The van der Waals surface area contributed by atoms with Gasteiger partial charge in [-0.05, 0) is 12.0 Å². The molecule has 0 radical (unpaired) electrons. The first-order valence-corrected chi connectivity index (χ1v) is 6.33. The highest BCUT2D eigenvalue weighted by molar-refractivity contribution is 6.06. The van der Waals surface area contributed by atoms with Crippen LogP contribution in [0.25, 0.3) is 0 Å². The van der Waals surface area contributed by atoms with E-state index in [2.05, 4.69) is 19.2 Å². The lowest BCUT2D eigenvalue weighted by Gasteiger charge is -2.25. The van der Waals surface area contributed by atoms with Crippen LogP contribution in [0.1, 0.15) is 25.5 Å². The molecule has 1 heterocycles.